The number of amides is 2. The highest BCUT2D eigenvalue weighted by molar-refractivity contribution is 7.96. The van der Waals surface area contributed by atoms with Gasteiger partial charge in [0.1, 0.15) is 28.2 Å². The molecular formula is C41H55ClN2O11S. The molecule has 308 valence electrons. The lowest BCUT2D eigenvalue weighted by Gasteiger charge is -2.27. The van der Waals surface area contributed by atoms with Gasteiger partial charge in [0.15, 0.2) is 15.6 Å². The summed E-state index contributed by atoms with van der Waals surface area (Å²) < 4.78 is 39.8. The van der Waals surface area contributed by atoms with Gasteiger partial charge in [0.25, 0.3) is 0 Å². The van der Waals surface area contributed by atoms with Gasteiger partial charge in [-0.05, 0) is 64.7 Å². The molecule has 2 rings (SSSR count). The number of hydrogen-bond donors (Lipinski definition) is 2. The Labute approximate surface area is 335 Å². The van der Waals surface area contributed by atoms with Crippen molar-refractivity contribution in [1.82, 2.24) is 10.6 Å². The summed E-state index contributed by atoms with van der Waals surface area (Å²) in [4.78, 5) is 80.6. The number of rotatable bonds is 19. The molecule has 0 aromatic heterocycles. The van der Waals surface area contributed by atoms with Crippen LogP contribution in [0.5, 0.6) is 0 Å². The van der Waals surface area contributed by atoms with Crippen LogP contribution in [-0.2, 0) is 59.4 Å². The Balaban J connectivity index is 2.40. The molecule has 0 bridgehead atoms. The number of esters is 3. The Morgan fingerprint density at radius 2 is 1.21 bits per heavy atom. The highest BCUT2D eigenvalue weighted by Gasteiger charge is 2.35. The lowest BCUT2D eigenvalue weighted by Crippen LogP contribution is -2.44. The first kappa shape index (κ1) is 47.6. The molecule has 0 aliphatic carbocycles. The fourth-order valence-electron chi connectivity index (χ4n) is 5.35. The van der Waals surface area contributed by atoms with Gasteiger partial charge in [0.2, 0.25) is 11.8 Å². The van der Waals surface area contributed by atoms with E-state index in [0.29, 0.717) is 5.56 Å². The van der Waals surface area contributed by atoms with Crippen LogP contribution in [0.4, 0.5) is 0 Å². The number of halogens is 1. The van der Waals surface area contributed by atoms with Gasteiger partial charge in [-0.3, -0.25) is 28.8 Å². The van der Waals surface area contributed by atoms with Crippen LogP contribution >= 0.6 is 11.6 Å². The molecule has 0 fully saturated rings. The Bertz CT molecular complexity index is 1820. The minimum Gasteiger partial charge on any atom is -0.461 e. The van der Waals surface area contributed by atoms with Gasteiger partial charge in [0, 0.05) is 18.6 Å². The van der Waals surface area contributed by atoms with E-state index >= 15 is 0 Å². The van der Waals surface area contributed by atoms with Crippen LogP contribution in [0, 0.1) is 17.8 Å². The number of Topliss-reactive ketones (excluding diaryl/α,β-unsaturated/α-hetero) is 1. The second-order valence-corrected chi connectivity index (χ2v) is 18.5. The van der Waals surface area contributed by atoms with E-state index in [1.807, 2.05) is 6.07 Å². The van der Waals surface area contributed by atoms with Gasteiger partial charge >= 0.3 is 17.9 Å². The molecule has 15 heteroatoms. The molecule has 2 amide bonds. The highest BCUT2D eigenvalue weighted by atomic mass is 35.5. The van der Waals surface area contributed by atoms with E-state index in [1.165, 1.54) is 0 Å². The summed E-state index contributed by atoms with van der Waals surface area (Å²) in [6.07, 6.45) is 0.0646. The van der Waals surface area contributed by atoms with Crippen molar-refractivity contribution in [3.05, 3.63) is 82.2 Å². The maximum Gasteiger partial charge on any atom is 0.308 e. The molecule has 0 saturated heterocycles. The Morgan fingerprint density at radius 1 is 0.714 bits per heavy atom. The molecule has 56 heavy (non-hydrogen) atoms. The van der Waals surface area contributed by atoms with Crippen LogP contribution in [0.15, 0.2) is 71.1 Å². The summed E-state index contributed by atoms with van der Waals surface area (Å²) in [5, 5.41) is 5.34. The monoisotopic (exact) mass is 818 g/mol. The third-order valence-corrected chi connectivity index (χ3v) is 9.80. The molecule has 4 atom stereocenters. The van der Waals surface area contributed by atoms with Crippen molar-refractivity contribution in [1.29, 1.82) is 0 Å². The summed E-state index contributed by atoms with van der Waals surface area (Å²) in [5.74, 6) is -7.03. The van der Waals surface area contributed by atoms with Crippen LogP contribution in [0.25, 0.3) is 0 Å². The zero-order valence-electron chi connectivity index (χ0n) is 33.6. The topological polar surface area (TPSA) is 188 Å². The zero-order chi connectivity index (χ0) is 42.4. The lowest BCUT2D eigenvalue weighted by molar-refractivity contribution is -0.159. The molecule has 2 aromatic carbocycles. The number of sulfone groups is 1. The smallest absolute Gasteiger partial charge is 0.308 e. The van der Waals surface area contributed by atoms with Crippen LogP contribution in [0.2, 0.25) is 0 Å². The molecule has 2 N–H and O–H groups in total. The SMILES string of the molecule is CC(C)[C@H](CC(=O)[C@@H](NC(=O)[C@@H](CC(=O)OCc1ccccc1)CC(=O)OC(C)(C)C)c1ccccc1)C(=O)N[C@H](/C=C(\Cl)S(C)(=O)=O)CC(=O)OC(C)(C)C. The summed E-state index contributed by atoms with van der Waals surface area (Å²) in [6.45, 7) is 13.3. The molecule has 13 nitrogen and oxygen atoms in total. The Morgan fingerprint density at radius 3 is 1.71 bits per heavy atom. The number of benzene rings is 2. The molecule has 0 aliphatic rings. The van der Waals surface area contributed by atoms with Crippen LogP contribution in [0.1, 0.15) is 98.2 Å². The van der Waals surface area contributed by atoms with Crippen molar-refractivity contribution in [2.75, 3.05) is 6.26 Å². The minimum absolute atomic E-state index is 0.0564. The van der Waals surface area contributed by atoms with Gasteiger partial charge in [-0.1, -0.05) is 86.1 Å². The number of ketones is 1. The third kappa shape index (κ3) is 17.9. The Kier molecular flexibility index (Phi) is 17.9. The molecule has 0 unspecified atom stereocenters. The molecule has 0 spiro atoms. The van der Waals surface area contributed by atoms with Crippen molar-refractivity contribution in [2.24, 2.45) is 17.8 Å². The van der Waals surface area contributed by atoms with Crippen molar-refractivity contribution >= 4 is 56.9 Å². The first-order chi connectivity index (χ1) is 25.8. The zero-order valence-corrected chi connectivity index (χ0v) is 35.1. The van der Waals surface area contributed by atoms with E-state index in [2.05, 4.69) is 10.6 Å². The van der Waals surface area contributed by atoms with Crippen LogP contribution in [-0.4, -0.2) is 67.4 Å². The summed E-state index contributed by atoms with van der Waals surface area (Å²) in [6, 6.07) is 14.6. The lowest BCUT2D eigenvalue weighted by atomic mass is 9.86. The quantitative estimate of drug-likeness (QED) is 0.127. The van der Waals surface area contributed by atoms with Gasteiger partial charge < -0.3 is 24.8 Å². The van der Waals surface area contributed by atoms with E-state index in [1.54, 1.807) is 110 Å². The summed E-state index contributed by atoms with van der Waals surface area (Å²) in [7, 11) is -3.89. The van der Waals surface area contributed by atoms with Crippen LogP contribution < -0.4 is 10.6 Å². The third-order valence-electron chi connectivity index (χ3n) is 7.98. The van der Waals surface area contributed by atoms with Gasteiger partial charge in [-0.15, -0.1) is 0 Å². The molecule has 0 saturated carbocycles. The number of nitrogens with one attached hydrogen (secondary N) is 2. The van der Waals surface area contributed by atoms with E-state index < -0.39 is 116 Å². The second-order valence-electron chi connectivity index (χ2n) is 15.9. The van der Waals surface area contributed by atoms with Crippen molar-refractivity contribution in [3.63, 3.8) is 0 Å². The predicted molar refractivity (Wildman–Crippen MR) is 211 cm³/mol. The van der Waals surface area contributed by atoms with E-state index in [9.17, 15) is 37.2 Å². The number of carbonyl (C=O) groups is 6. The predicted octanol–water partition coefficient (Wildman–Crippen LogP) is 5.90. The average molecular weight is 819 g/mol. The Hall–Kier alpha value is -4.56. The maximum absolute atomic E-state index is 14.2. The molecule has 0 radical (unpaired) electrons. The molecule has 2 aromatic rings. The van der Waals surface area contributed by atoms with E-state index in [-0.39, 0.29) is 6.61 Å². The standard InChI is InChI=1S/C41H55ClN2O11S/c1-26(2)31(39(50)43-30(22-33(42)56(9,51)52)23-36(48)55-41(6,7)8)24-32(45)37(28-18-14-11-15-19-28)44-38(49)29(21-35(47)54-40(3,4)5)20-34(46)53-25-27-16-12-10-13-17-27/h10-19,22,26,29-31,37H,20-21,23-25H2,1-9H3,(H,43,50)(H,44,49)/b33-22+/t29-,30+,31-,37-/m0/s1. The molecule has 0 aliphatic heterocycles. The van der Waals surface area contributed by atoms with Gasteiger partial charge in [0.05, 0.1) is 31.2 Å². The first-order valence-corrected chi connectivity index (χ1v) is 20.5. The fourth-order valence-corrected chi connectivity index (χ4v) is 5.91. The first-order valence-electron chi connectivity index (χ1n) is 18.2. The van der Waals surface area contributed by atoms with E-state index in [4.69, 9.17) is 25.8 Å². The normalized spacial score (nSPS) is 14.4. The number of hydrogen-bond acceptors (Lipinski definition) is 11. The van der Waals surface area contributed by atoms with Gasteiger partial charge in [-0.2, -0.15) is 0 Å². The van der Waals surface area contributed by atoms with Crippen molar-refractivity contribution in [2.45, 2.75) is 111 Å². The number of carbonyl (C=O) groups excluding carboxylic acids is 6. The minimum atomic E-state index is -3.89. The van der Waals surface area contributed by atoms with Crippen LogP contribution in [0.3, 0.4) is 0 Å². The fraction of sp³-hybridized carbons (Fsp3) is 0.512. The second kappa shape index (κ2) is 21.1. The van der Waals surface area contributed by atoms with Gasteiger partial charge in [-0.25, -0.2) is 8.42 Å². The number of ether oxygens (including phenoxy) is 3. The van der Waals surface area contributed by atoms with Crippen molar-refractivity contribution < 1.29 is 51.4 Å². The maximum atomic E-state index is 14.2. The highest BCUT2D eigenvalue weighted by Crippen LogP contribution is 2.25. The molecule has 0 heterocycles. The summed E-state index contributed by atoms with van der Waals surface area (Å²) >= 11 is 6.02. The van der Waals surface area contributed by atoms with E-state index in [0.717, 1.165) is 17.9 Å². The average Bonchev–Trinajstić information content (AvgIpc) is 3.06. The summed E-state index contributed by atoms with van der Waals surface area (Å²) in [5.41, 5.74) is -0.646. The van der Waals surface area contributed by atoms with Crippen molar-refractivity contribution in [3.8, 4) is 0 Å². The largest absolute Gasteiger partial charge is 0.461 e. The molecular weight excluding hydrogens is 764 g/mol.